The minimum atomic E-state index is -0.605. The third-order valence-corrected chi connectivity index (χ3v) is 4.70. The first kappa shape index (κ1) is 25.0. The van der Waals surface area contributed by atoms with Crippen LogP contribution in [0.1, 0.15) is 0 Å². The van der Waals surface area contributed by atoms with Crippen LogP contribution in [0.25, 0.3) is 19.4 Å². The zero-order chi connectivity index (χ0) is 25.3. The molecule has 0 unspecified atom stereocenters. The van der Waals surface area contributed by atoms with Gasteiger partial charge in [-0.3, -0.25) is 29.9 Å². The molecule has 0 aliphatic carbocycles. The van der Waals surface area contributed by atoms with E-state index in [-0.39, 0.29) is 44.3 Å². The molecule has 0 bridgehead atoms. The van der Waals surface area contributed by atoms with Gasteiger partial charge in [0, 0.05) is 17.8 Å². The van der Waals surface area contributed by atoms with E-state index in [2.05, 4.69) is 40.6 Å². The second kappa shape index (κ2) is 11.4. The van der Waals surface area contributed by atoms with Crippen molar-refractivity contribution in [3.8, 4) is 0 Å². The van der Waals surface area contributed by atoms with Gasteiger partial charge >= 0.3 is 0 Å². The number of anilines is 2. The van der Waals surface area contributed by atoms with E-state index in [4.69, 9.17) is 26.3 Å². The molecular formula is C22H10BrN7O4. The maximum absolute atomic E-state index is 11.1. The average Bonchev–Trinajstić information content (AvgIpc) is 2.84. The zero-order valence-corrected chi connectivity index (χ0v) is 18.5. The number of nitrogens with one attached hydrogen (secondary N) is 1. The van der Waals surface area contributed by atoms with Crippen molar-refractivity contribution in [2.45, 2.75) is 0 Å². The van der Waals surface area contributed by atoms with Crippen molar-refractivity contribution in [1.82, 2.24) is 0 Å². The summed E-state index contributed by atoms with van der Waals surface area (Å²) in [5.74, 6) is 0. The Morgan fingerprint density at radius 2 is 1.15 bits per heavy atom. The molecule has 0 aliphatic rings. The van der Waals surface area contributed by atoms with Crippen molar-refractivity contribution in [3.05, 3.63) is 125 Å². The molecule has 12 heteroatoms. The number of hydrogen-bond acceptors (Lipinski definition) is 5. The second-order valence-corrected chi connectivity index (χ2v) is 6.96. The Morgan fingerprint density at radius 3 is 1.62 bits per heavy atom. The summed E-state index contributed by atoms with van der Waals surface area (Å²) in [5, 5.41) is 24.4. The van der Waals surface area contributed by atoms with Gasteiger partial charge in [-0.1, -0.05) is 18.2 Å². The van der Waals surface area contributed by atoms with Crippen molar-refractivity contribution in [2.24, 2.45) is 0 Å². The van der Waals surface area contributed by atoms with Gasteiger partial charge in [0.05, 0.1) is 40.6 Å². The van der Waals surface area contributed by atoms with E-state index in [0.29, 0.717) is 5.69 Å². The maximum atomic E-state index is 11.1. The van der Waals surface area contributed by atoms with E-state index in [9.17, 15) is 20.2 Å². The van der Waals surface area contributed by atoms with Crippen LogP contribution < -0.4 is 5.32 Å². The molecule has 0 atom stereocenters. The number of hydrogen-bond donors (Lipinski definition) is 1. The lowest BCUT2D eigenvalue weighted by atomic mass is 10.2. The van der Waals surface area contributed by atoms with Gasteiger partial charge in [0.2, 0.25) is 11.4 Å². The number of nitro groups is 2. The molecule has 0 heterocycles. The van der Waals surface area contributed by atoms with Crippen LogP contribution in [0, 0.1) is 46.5 Å². The quantitative estimate of drug-likeness (QED) is 0.215. The molecule has 3 aromatic rings. The summed E-state index contributed by atoms with van der Waals surface area (Å²) in [6, 6.07) is 13.7. The number of nitrogens with zero attached hydrogens (tertiary/aromatic N) is 6. The summed E-state index contributed by atoms with van der Waals surface area (Å²) in [7, 11) is 0. The van der Waals surface area contributed by atoms with Gasteiger partial charge < -0.3 is 5.32 Å². The van der Waals surface area contributed by atoms with Crippen LogP contribution in [0.5, 0.6) is 0 Å². The molecule has 11 nitrogen and oxygen atoms in total. The molecule has 0 aliphatic heterocycles. The fourth-order valence-corrected chi connectivity index (χ4v) is 3.01. The standard InChI is InChI=1S/C14H8N4O2.C8H2BrN3O2/c1-15-11-8-13(17-10-6-4-3-5-7-10)14(18(19)20)9-12(11)16-2;1-10-6-3-5(9)8(12(13)14)4-7(6)11-2/h3-9,17H;3-4H. The molecule has 0 amide bonds. The third kappa shape index (κ3) is 5.89. The van der Waals surface area contributed by atoms with E-state index in [1.54, 1.807) is 24.3 Å². The van der Waals surface area contributed by atoms with Crippen LogP contribution >= 0.6 is 15.9 Å². The van der Waals surface area contributed by atoms with Gasteiger partial charge in [0.1, 0.15) is 5.69 Å². The van der Waals surface area contributed by atoms with E-state index in [1.165, 1.54) is 12.1 Å². The second-order valence-electron chi connectivity index (χ2n) is 6.10. The Bertz CT molecular complexity index is 1450. The summed E-state index contributed by atoms with van der Waals surface area (Å²) in [6.45, 7) is 27.5. The highest BCUT2D eigenvalue weighted by molar-refractivity contribution is 9.10. The van der Waals surface area contributed by atoms with Crippen LogP contribution in [0.3, 0.4) is 0 Å². The van der Waals surface area contributed by atoms with Gasteiger partial charge in [-0.2, -0.15) is 0 Å². The molecule has 0 aromatic heterocycles. The molecule has 164 valence electrons. The van der Waals surface area contributed by atoms with Crippen molar-refractivity contribution in [1.29, 1.82) is 0 Å². The van der Waals surface area contributed by atoms with Crippen molar-refractivity contribution >= 4 is 61.4 Å². The molecule has 0 spiro atoms. The molecule has 34 heavy (non-hydrogen) atoms. The van der Waals surface area contributed by atoms with Crippen molar-refractivity contribution in [3.63, 3.8) is 0 Å². The summed E-state index contributed by atoms with van der Waals surface area (Å²) in [6.07, 6.45) is 0. The van der Waals surface area contributed by atoms with Gasteiger partial charge in [-0.05, 0) is 40.2 Å². The Balaban J connectivity index is 0.000000257. The van der Waals surface area contributed by atoms with Gasteiger partial charge in [-0.25, -0.2) is 9.69 Å². The maximum Gasteiger partial charge on any atom is 0.279 e. The van der Waals surface area contributed by atoms with Crippen LogP contribution in [0.4, 0.5) is 45.5 Å². The lowest BCUT2D eigenvalue weighted by Gasteiger charge is -2.08. The lowest BCUT2D eigenvalue weighted by molar-refractivity contribution is -0.385. The monoisotopic (exact) mass is 515 g/mol. The van der Waals surface area contributed by atoms with E-state index >= 15 is 0 Å². The molecular weight excluding hydrogens is 506 g/mol. The van der Waals surface area contributed by atoms with Crippen molar-refractivity contribution < 1.29 is 9.85 Å². The van der Waals surface area contributed by atoms with Crippen LogP contribution in [-0.2, 0) is 0 Å². The molecule has 3 rings (SSSR count). The Labute approximate surface area is 201 Å². The summed E-state index contributed by atoms with van der Waals surface area (Å²) in [5.41, 5.74) is 0.596. The molecule has 0 saturated heterocycles. The fourth-order valence-electron chi connectivity index (χ4n) is 2.53. The van der Waals surface area contributed by atoms with Crippen molar-refractivity contribution in [2.75, 3.05) is 5.32 Å². The average molecular weight is 516 g/mol. The van der Waals surface area contributed by atoms with Gasteiger partial charge in [0.15, 0.2) is 11.4 Å². The summed E-state index contributed by atoms with van der Waals surface area (Å²) < 4.78 is 0.209. The van der Waals surface area contributed by atoms with Gasteiger partial charge in [0.25, 0.3) is 11.4 Å². The Kier molecular flexibility index (Phi) is 8.34. The molecule has 1 N–H and O–H groups in total. The SMILES string of the molecule is [C-]#[N+]c1cc(Br)c([N+](=O)[O-])cc1[N+]#[C-].[C-]#[N+]c1cc(Nc2ccccc2)c([N+](=O)[O-])cc1[N+]#[C-]. The minimum Gasteiger partial charge on any atom is -0.351 e. The first-order chi connectivity index (χ1) is 16.2. The number of nitro benzene ring substituents is 2. The molecule has 0 radical (unpaired) electrons. The Hall–Kier alpha value is -5.30. The van der Waals surface area contributed by atoms with Crippen LogP contribution in [0.2, 0.25) is 0 Å². The third-order valence-electron chi connectivity index (χ3n) is 4.06. The Morgan fingerprint density at radius 1 is 0.706 bits per heavy atom. The number of para-hydroxylation sites is 1. The van der Waals surface area contributed by atoms with E-state index in [0.717, 1.165) is 12.1 Å². The topological polar surface area (TPSA) is 116 Å². The summed E-state index contributed by atoms with van der Waals surface area (Å²) in [4.78, 5) is 32.8. The largest absolute Gasteiger partial charge is 0.351 e. The lowest BCUT2D eigenvalue weighted by Crippen LogP contribution is -1.96. The molecule has 3 aromatic carbocycles. The molecule has 0 fully saturated rings. The minimum absolute atomic E-state index is 0.00472. The predicted molar refractivity (Wildman–Crippen MR) is 129 cm³/mol. The smallest absolute Gasteiger partial charge is 0.279 e. The van der Waals surface area contributed by atoms with E-state index < -0.39 is 9.85 Å². The summed E-state index contributed by atoms with van der Waals surface area (Å²) >= 11 is 2.96. The van der Waals surface area contributed by atoms with E-state index in [1.807, 2.05) is 6.07 Å². The normalized spacial score (nSPS) is 9.09. The van der Waals surface area contributed by atoms with Gasteiger partial charge in [-0.15, -0.1) is 0 Å². The highest BCUT2D eigenvalue weighted by Gasteiger charge is 2.18. The zero-order valence-electron chi connectivity index (χ0n) is 16.9. The number of halogens is 1. The predicted octanol–water partition coefficient (Wildman–Crippen LogP) is 7.90. The fraction of sp³-hybridized carbons (Fsp3) is 0. The highest BCUT2D eigenvalue weighted by atomic mass is 79.9. The molecule has 0 saturated carbocycles. The number of benzene rings is 3. The van der Waals surface area contributed by atoms with Crippen LogP contribution in [0.15, 0.2) is 59.1 Å². The first-order valence-electron chi connectivity index (χ1n) is 8.88. The highest BCUT2D eigenvalue weighted by Crippen LogP contribution is 2.39. The first-order valence-corrected chi connectivity index (χ1v) is 9.67. The number of rotatable bonds is 4. The van der Waals surface area contributed by atoms with Crippen LogP contribution in [-0.4, -0.2) is 9.85 Å².